The third kappa shape index (κ3) is 4.09. The summed E-state index contributed by atoms with van der Waals surface area (Å²) in [5.74, 6) is 0.879. The molecule has 1 N–H and O–H groups in total. The van der Waals surface area contributed by atoms with Gasteiger partial charge in [-0.3, -0.25) is 0 Å². The Labute approximate surface area is 136 Å². The summed E-state index contributed by atoms with van der Waals surface area (Å²) in [6.07, 6.45) is 2.02. The van der Waals surface area contributed by atoms with Crippen molar-refractivity contribution >= 4 is 17.4 Å². The van der Waals surface area contributed by atoms with E-state index in [1.165, 1.54) is 0 Å². The maximum atomic E-state index is 5.70. The molecule has 1 saturated heterocycles. The van der Waals surface area contributed by atoms with Crippen molar-refractivity contribution in [1.29, 1.82) is 0 Å². The summed E-state index contributed by atoms with van der Waals surface area (Å²) < 4.78 is 22.0. The van der Waals surface area contributed by atoms with Gasteiger partial charge in [0, 0.05) is 17.3 Å². The fraction of sp³-hybridized carbons (Fsp3) is 0.500. The average Bonchev–Trinajstić information content (AvgIpc) is 2.52. The Hall–Kier alpha value is -1.37. The van der Waals surface area contributed by atoms with E-state index in [9.17, 15) is 0 Å². The molecular formula is C16H23NO4S. The molecule has 5 nitrogen and oxygen atoms in total. The van der Waals surface area contributed by atoms with Gasteiger partial charge in [0.25, 0.3) is 0 Å². The van der Waals surface area contributed by atoms with Crippen LogP contribution in [0.4, 0.5) is 5.69 Å². The molecule has 0 saturated carbocycles. The van der Waals surface area contributed by atoms with Gasteiger partial charge >= 0.3 is 0 Å². The number of thioether (sulfide) groups is 1. The van der Waals surface area contributed by atoms with E-state index < -0.39 is 5.79 Å². The zero-order valence-electron chi connectivity index (χ0n) is 13.7. The molecule has 0 aromatic heterocycles. The monoisotopic (exact) mass is 325 g/mol. The number of hydrogen-bond acceptors (Lipinski definition) is 6. The van der Waals surface area contributed by atoms with E-state index in [2.05, 4.69) is 5.32 Å². The third-order valence-corrected chi connectivity index (χ3v) is 4.15. The molecular weight excluding hydrogens is 302 g/mol. The van der Waals surface area contributed by atoms with Crippen LogP contribution in [0.15, 0.2) is 28.8 Å². The van der Waals surface area contributed by atoms with Crippen molar-refractivity contribution in [3.05, 3.63) is 28.8 Å². The summed E-state index contributed by atoms with van der Waals surface area (Å²) in [5, 5.41) is 4.43. The van der Waals surface area contributed by atoms with Crippen LogP contribution in [0.3, 0.4) is 0 Å². The van der Waals surface area contributed by atoms with Crippen molar-refractivity contribution in [1.82, 2.24) is 0 Å². The minimum Gasteiger partial charge on any atom is -0.493 e. The molecule has 0 atom stereocenters. The second-order valence-electron chi connectivity index (χ2n) is 5.31. The lowest BCUT2D eigenvalue weighted by molar-refractivity contribution is -0.225. The predicted molar refractivity (Wildman–Crippen MR) is 89.7 cm³/mol. The van der Waals surface area contributed by atoms with Crippen molar-refractivity contribution in [2.75, 3.05) is 39.0 Å². The molecule has 1 fully saturated rings. The van der Waals surface area contributed by atoms with Crippen LogP contribution >= 0.6 is 11.8 Å². The van der Waals surface area contributed by atoms with E-state index in [0.29, 0.717) is 24.7 Å². The van der Waals surface area contributed by atoms with Crippen LogP contribution in [0.2, 0.25) is 0 Å². The SMILES string of the molecule is COc1ccc(NC(SC)=C2COC(C)(C)OC2)cc1OC. The van der Waals surface area contributed by atoms with E-state index in [0.717, 1.165) is 16.3 Å². The molecule has 2 rings (SSSR count). The molecule has 0 spiro atoms. The van der Waals surface area contributed by atoms with Gasteiger partial charge in [0.1, 0.15) is 0 Å². The fourth-order valence-corrected chi connectivity index (χ4v) is 2.69. The van der Waals surface area contributed by atoms with Gasteiger partial charge in [-0.1, -0.05) is 0 Å². The van der Waals surface area contributed by atoms with Crippen molar-refractivity contribution in [3.8, 4) is 11.5 Å². The van der Waals surface area contributed by atoms with Gasteiger partial charge in [0.15, 0.2) is 17.3 Å². The van der Waals surface area contributed by atoms with Gasteiger partial charge in [-0.05, 0) is 32.2 Å². The smallest absolute Gasteiger partial charge is 0.163 e. The predicted octanol–water partition coefficient (Wildman–Crippen LogP) is 3.47. The first-order valence-electron chi connectivity index (χ1n) is 7.02. The van der Waals surface area contributed by atoms with E-state index in [-0.39, 0.29) is 0 Å². The van der Waals surface area contributed by atoms with Gasteiger partial charge in [-0.15, -0.1) is 11.8 Å². The summed E-state index contributed by atoms with van der Waals surface area (Å²) in [6, 6.07) is 5.73. The molecule has 22 heavy (non-hydrogen) atoms. The van der Waals surface area contributed by atoms with Crippen molar-refractivity contribution in [2.45, 2.75) is 19.6 Å². The largest absolute Gasteiger partial charge is 0.493 e. The van der Waals surface area contributed by atoms with Crippen LogP contribution in [0.25, 0.3) is 0 Å². The standard InChI is InChI=1S/C16H23NO4S/c1-16(2)20-9-11(10-21-16)15(22-5)17-12-6-7-13(18-3)14(8-12)19-4/h6-8,17H,9-10H2,1-5H3. The maximum absolute atomic E-state index is 5.70. The summed E-state index contributed by atoms with van der Waals surface area (Å²) >= 11 is 1.63. The molecule has 1 aromatic rings. The third-order valence-electron chi connectivity index (χ3n) is 3.35. The number of methoxy groups -OCH3 is 2. The molecule has 1 aliphatic heterocycles. The Kier molecular flexibility index (Phi) is 5.61. The van der Waals surface area contributed by atoms with Gasteiger partial charge < -0.3 is 24.3 Å². The molecule has 6 heteroatoms. The van der Waals surface area contributed by atoms with Crippen LogP contribution in [-0.4, -0.2) is 39.5 Å². The highest BCUT2D eigenvalue weighted by Crippen LogP contribution is 2.32. The first-order valence-corrected chi connectivity index (χ1v) is 8.24. The first kappa shape index (κ1) is 17.0. The minimum absolute atomic E-state index is 0.518. The normalized spacial score (nSPS) is 17.0. The zero-order chi connectivity index (χ0) is 16.2. The highest BCUT2D eigenvalue weighted by atomic mass is 32.2. The van der Waals surface area contributed by atoms with Gasteiger partial charge in [0.05, 0.1) is 32.5 Å². The molecule has 0 bridgehead atoms. The Morgan fingerprint density at radius 3 is 2.32 bits per heavy atom. The summed E-state index contributed by atoms with van der Waals surface area (Å²) in [4.78, 5) is 0. The van der Waals surface area contributed by atoms with E-state index >= 15 is 0 Å². The molecule has 122 valence electrons. The molecule has 0 radical (unpaired) electrons. The molecule has 0 aliphatic carbocycles. The Balaban J connectivity index is 2.17. The Morgan fingerprint density at radius 2 is 1.77 bits per heavy atom. The minimum atomic E-state index is -0.518. The van der Waals surface area contributed by atoms with E-state index in [1.54, 1.807) is 26.0 Å². The second-order valence-corrected chi connectivity index (χ2v) is 6.13. The number of rotatable bonds is 5. The van der Waals surface area contributed by atoms with Crippen molar-refractivity contribution in [3.63, 3.8) is 0 Å². The van der Waals surface area contributed by atoms with Gasteiger partial charge in [-0.25, -0.2) is 0 Å². The number of anilines is 1. The first-order chi connectivity index (χ1) is 10.5. The van der Waals surface area contributed by atoms with Crippen LogP contribution < -0.4 is 14.8 Å². The lowest BCUT2D eigenvalue weighted by Gasteiger charge is -2.32. The highest BCUT2D eigenvalue weighted by Gasteiger charge is 2.26. The van der Waals surface area contributed by atoms with Crippen molar-refractivity contribution < 1.29 is 18.9 Å². The van der Waals surface area contributed by atoms with Gasteiger partial charge in [-0.2, -0.15) is 0 Å². The Morgan fingerprint density at radius 1 is 1.14 bits per heavy atom. The quantitative estimate of drug-likeness (QED) is 0.894. The topological polar surface area (TPSA) is 49.0 Å². The molecule has 0 unspecified atom stereocenters. The van der Waals surface area contributed by atoms with Gasteiger partial charge in [0.2, 0.25) is 0 Å². The van der Waals surface area contributed by atoms with Crippen LogP contribution in [0.5, 0.6) is 11.5 Å². The van der Waals surface area contributed by atoms with Crippen LogP contribution in [0.1, 0.15) is 13.8 Å². The zero-order valence-corrected chi connectivity index (χ0v) is 14.5. The van der Waals surface area contributed by atoms with Crippen molar-refractivity contribution in [2.24, 2.45) is 0 Å². The van der Waals surface area contributed by atoms with Crippen LogP contribution in [0, 0.1) is 0 Å². The molecule has 0 amide bonds. The molecule has 1 aromatic carbocycles. The number of hydrogen-bond donors (Lipinski definition) is 1. The van der Waals surface area contributed by atoms with E-state index in [4.69, 9.17) is 18.9 Å². The Bertz CT molecular complexity index is 545. The van der Waals surface area contributed by atoms with E-state index in [1.807, 2.05) is 38.3 Å². The average molecular weight is 325 g/mol. The lowest BCUT2D eigenvalue weighted by atomic mass is 10.2. The summed E-state index contributed by atoms with van der Waals surface area (Å²) in [5.41, 5.74) is 2.03. The number of benzene rings is 1. The second kappa shape index (κ2) is 7.26. The summed E-state index contributed by atoms with van der Waals surface area (Å²) in [7, 11) is 3.25. The molecule has 1 heterocycles. The number of ether oxygens (including phenoxy) is 4. The summed E-state index contributed by atoms with van der Waals surface area (Å²) in [6.45, 7) is 4.96. The fourth-order valence-electron chi connectivity index (χ4n) is 2.07. The number of nitrogens with one attached hydrogen (secondary N) is 1. The lowest BCUT2D eigenvalue weighted by Crippen LogP contribution is -2.36. The van der Waals surface area contributed by atoms with Crippen LogP contribution in [-0.2, 0) is 9.47 Å². The molecule has 1 aliphatic rings. The maximum Gasteiger partial charge on any atom is 0.163 e. The highest BCUT2D eigenvalue weighted by molar-refractivity contribution is 8.02.